The molecule has 14 heteroatoms. The number of amides is 2. The Labute approximate surface area is 225 Å². The number of carbonyl (C=O) groups is 2. The number of aryl methyl sites for hydroxylation is 1. The van der Waals surface area contributed by atoms with Gasteiger partial charge in [-0.2, -0.15) is 13.2 Å². The van der Waals surface area contributed by atoms with Crippen molar-refractivity contribution in [1.29, 1.82) is 5.41 Å². The Balaban J connectivity index is 1.59. The molecule has 1 aromatic rings. The van der Waals surface area contributed by atoms with Gasteiger partial charge < -0.3 is 40.5 Å². The molecule has 0 aromatic carbocycles. The average Bonchev–Trinajstić information content (AvgIpc) is 3.73. The molecule has 11 nitrogen and oxygen atoms in total. The first-order valence-electron chi connectivity index (χ1n) is 12.9. The fourth-order valence-electron chi connectivity index (χ4n) is 4.24. The highest BCUT2D eigenvalue weighted by Crippen LogP contribution is 2.31. The van der Waals surface area contributed by atoms with Crippen molar-refractivity contribution in [2.24, 2.45) is 0 Å². The van der Waals surface area contributed by atoms with Crippen LogP contribution in [0.4, 0.5) is 23.8 Å². The van der Waals surface area contributed by atoms with E-state index in [2.05, 4.69) is 25.7 Å². The molecule has 2 aliphatic rings. The standard InChI is InChI=1S/C25H37F3N6O5/c1-15-5-8-19(22(33-15)30-9-4-10-31-24(36)37-3)21(29)16(2)34(18-6-7-18)23(35)20-11-32-17(13-39-20)12-38-14-25(26,27)28/h5,8,16-18,20,29,32H,4,6-7,9-14H2,1-3H3,(H,30,33)(H,31,36)/t16-,17+,20-/m1/s1. The first-order valence-corrected chi connectivity index (χ1v) is 12.9. The van der Waals surface area contributed by atoms with E-state index in [1.165, 1.54) is 7.11 Å². The third kappa shape index (κ3) is 9.32. The maximum absolute atomic E-state index is 13.5. The lowest BCUT2D eigenvalue weighted by molar-refractivity contribution is -0.178. The number of pyridine rings is 1. The highest BCUT2D eigenvalue weighted by Gasteiger charge is 2.42. The molecular weight excluding hydrogens is 521 g/mol. The molecule has 0 radical (unpaired) electrons. The number of halogens is 3. The molecule has 1 saturated carbocycles. The van der Waals surface area contributed by atoms with Crippen LogP contribution in [0.3, 0.4) is 0 Å². The minimum Gasteiger partial charge on any atom is -0.453 e. The Morgan fingerprint density at radius 1 is 1.31 bits per heavy atom. The summed E-state index contributed by atoms with van der Waals surface area (Å²) in [6, 6.07) is 2.59. The third-order valence-corrected chi connectivity index (χ3v) is 6.41. The third-order valence-electron chi connectivity index (χ3n) is 6.41. The lowest BCUT2D eigenvalue weighted by Crippen LogP contribution is -2.57. The zero-order valence-corrected chi connectivity index (χ0v) is 22.4. The topological polar surface area (TPSA) is 138 Å². The van der Waals surface area contributed by atoms with Gasteiger partial charge in [-0.1, -0.05) is 0 Å². The van der Waals surface area contributed by atoms with Crippen LogP contribution in [-0.4, -0.2) is 105 Å². The van der Waals surface area contributed by atoms with E-state index in [1.807, 2.05) is 6.92 Å². The Kier molecular flexibility index (Phi) is 10.9. The molecule has 2 amide bonds. The molecule has 0 unspecified atom stereocenters. The quantitative estimate of drug-likeness (QED) is 0.214. The molecule has 4 N–H and O–H groups in total. The van der Waals surface area contributed by atoms with Gasteiger partial charge in [0.15, 0.2) is 0 Å². The summed E-state index contributed by atoms with van der Waals surface area (Å²) in [7, 11) is 1.30. The number of nitrogens with zero attached hydrogens (tertiary/aromatic N) is 2. The smallest absolute Gasteiger partial charge is 0.411 e. The van der Waals surface area contributed by atoms with E-state index in [-0.39, 0.29) is 37.4 Å². The van der Waals surface area contributed by atoms with E-state index < -0.39 is 37.1 Å². The van der Waals surface area contributed by atoms with Gasteiger partial charge in [-0.15, -0.1) is 0 Å². The molecular formula is C25H37F3N6O5. The van der Waals surface area contributed by atoms with Crippen LogP contribution in [0.15, 0.2) is 12.1 Å². The van der Waals surface area contributed by atoms with Gasteiger partial charge in [-0.05, 0) is 45.2 Å². The largest absolute Gasteiger partial charge is 0.453 e. The predicted octanol–water partition coefficient (Wildman–Crippen LogP) is 2.23. The van der Waals surface area contributed by atoms with Crippen LogP contribution in [0.25, 0.3) is 0 Å². The molecule has 1 aliphatic heterocycles. The Bertz CT molecular complexity index is 999. The van der Waals surface area contributed by atoms with E-state index in [9.17, 15) is 22.8 Å². The number of ether oxygens (including phenoxy) is 3. The van der Waals surface area contributed by atoms with Gasteiger partial charge in [0.05, 0.1) is 38.1 Å². The van der Waals surface area contributed by atoms with Crippen molar-refractivity contribution >= 4 is 23.5 Å². The number of anilines is 1. The van der Waals surface area contributed by atoms with Gasteiger partial charge in [0.25, 0.3) is 5.91 Å². The van der Waals surface area contributed by atoms with Crippen molar-refractivity contribution in [2.45, 2.75) is 63.5 Å². The van der Waals surface area contributed by atoms with Crippen LogP contribution in [0, 0.1) is 12.3 Å². The lowest BCUT2D eigenvalue weighted by atomic mass is 10.0. The Hall–Kier alpha value is -2.97. The summed E-state index contributed by atoms with van der Waals surface area (Å²) in [5, 5.41) is 17.8. The number of alkyl halides is 3. The van der Waals surface area contributed by atoms with Crippen LogP contribution in [-0.2, 0) is 19.0 Å². The summed E-state index contributed by atoms with van der Waals surface area (Å²) in [5.74, 6) is 0.255. The van der Waals surface area contributed by atoms with Crippen LogP contribution in [0.2, 0.25) is 0 Å². The summed E-state index contributed by atoms with van der Waals surface area (Å²) in [6.07, 6.45) is -3.47. The monoisotopic (exact) mass is 558 g/mol. The number of alkyl carbamates (subject to hydrolysis) is 1. The summed E-state index contributed by atoms with van der Waals surface area (Å²) in [6.45, 7) is 3.21. The molecule has 1 aliphatic carbocycles. The van der Waals surface area contributed by atoms with E-state index in [0.717, 1.165) is 18.5 Å². The van der Waals surface area contributed by atoms with Gasteiger partial charge in [0, 0.05) is 36.9 Å². The SMILES string of the molecule is COC(=O)NCCCNc1nc(C)ccc1C(=N)[C@@H](C)N(C(=O)[C@H]1CN[C@@H](COCC(F)(F)F)CO1)C1CC1. The van der Waals surface area contributed by atoms with Crippen molar-refractivity contribution in [1.82, 2.24) is 20.5 Å². The van der Waals surface area contributed by atoms with E-state index in [4.69, 9.17) is 14.9 Å². The second-order valence-electron chi connectivity index (χ2n) is 9.67. The van der Waals surface area contributed by atoms with Gasteiger partial charge in [-0.25, -0.2) is 9.78 Å². The van der Waals surface area contributed by atoms with Gasteiger partial charge in [0.1, 0.15) is 18.5 Å². The highest BCUT2D eigenvalue weighted by atomic mass is 19.4. The Morgan fingerprint density at radius 3 is 2.67 bits per heavy atom. The van der Waals surface area contributed by atoms with Crippen LogP contribution >= 0.6 is 0 Å². The molecule has 3 rings (SSSR count). The van der Waals surface area contributed by atoms with Gasteiger partial charge in [-0.3, -0.25) is 4.79 Å². The van der Waals surface area contributed by atoms with E-state index >= 15 is 0 Å². The molecule has 2 heterocycles. The zero-order chi connectivity index (χ0) is 28.6. The predicted molar refractivity (Wildman–Crippen MR) is 137 cm³/mol. The van der Waals surface area contributed by atoms with Crippen LogP contribution in [0.5, 0.6) is 0 Å². The summed E-state index contributed by atoms with van der Waals surface area (Å²) < 4.78 is 51.9. The minimum absolute atomic E-state index is 0.0106. The summed E-state index contributed by atoms with van der Waals surface area (Å²) in [4.78, 5) is 30.9. The second-order valence-corrected chi connectivity index (χ2v) is 9.67. The minimum atomic E-state index is -4.40. The molecule has 1 saturated heterocycles. The number of morpholine rings is 1. The van der Waals surface area contributed by atoms with Crippen molar-refractivity contribution in [2.75, 3.05) is 51.9 Å². The number of hydrogen-bond donors (Lipinski definition) is 4. The molecule has 0 spiro atoms. The first-order chi connectivity index (χ1) is 18.5. The van der Waals surface area contributed by atoms with Crippen molar-refractivity contribution in [3.8, 4) is 0 Å². The molecule has 218 valence electrons. The molecule has 2 fully saturated rings. The molecule has 3 atom stereocenters. The van der Waals surface area contributed by atoms with Crippen molar-refractivity contribution < 1.29 is 37.0 Å². The van der Waals surface area contributed by atoms with Crippen molar-refractivity contribution in [3.63, 3.8) is 0 Å². The number of aromatic nitrogens is 1. The van der Waals surface area contributed by atoms with Crippen molar-refractivity contribution in [3.05, 3.63) is 23.4 Å². The highest BCUT2D eigenvalue weighted by molar-refractivity contribution is 6.07. The summed E-state index contributed by atoms with van der Waals surface area (Å²) >= 11 is 0. The van der Waals surface area contributed by atoms with Gasteiger partial charge in [0.2, 0.25) is 0 Å². The fraction of sp³-hybridized carbons (Fsp3) is 0.680. The number of carbonyl (C=O) groups excluding carboxylic acids is 2. The van der Waals surface area contributed by atoms with E-state index in [0.29, 0.717) is 30.9 Å². The normalized spacial score (nSPS) is 20.2. The first kappa shape index (κ1) is 30.6. The Morgan fingerprint density at radius 2 is 2.05 bits per heavy atom. The van der Waals surface area contributed by atoms with Gasteiger partial charge >= 0.3 is 12.3 Å². The molecule has 0 bridgehead atoms. The summed E-state index contributed by atoms with van der Waals surface area (Å²) in [5.41, 5.74) is 1.55. The van der Waals surface area contributed by atoms with E-state index in [1.54, 1.807) is 24.0 Å². The maximum atomic E-state index is 13.5. The number of nitrogens with one attached hydrogen (secondary N) is 4. The zero-order valence-electron chi connectivity index (χ0n) is 22.4. The lowest BCUT2D eigenvalue weighted by Gasteiger charge is -2.36. The molecule has 39 heavy (non-hydrogen) atoms. The average molecular weight is 559 g/mol. The van der Waals surface area contributed by atoms with Crippen LogP contribution < -0.4 is 16.0 Å². The number of hydrogen-bond acceptors (Lipinski definition) is 9. The maximum Gasteiger partial charge on any atom is 0.411 e. The molecule has 1 aromatic heterocycles. The second kappa shape index (κ2) is 13.9. The fourth-order valence-corrected chi connectivity index (χ4v) is 4.24. The van der Waals surface area contributed by atoms with Crippen LogP contribution in [0.1, 0.15) is 37.4 Å². The number of methoxy groups -OCH3 is 1. The number of rotatable bonds is 13.